The van der Waals surface area contributed by atoms with Gasteiger partial charge in [0.1, 0.15) is 11.3 Å². The van der Waals surface area contributed by atoms with Crippen molar-refractivity contribution in [2.24, 2.45) is 7.05 Å². The first-order valence-corrected chi connectivity index (χ1v) is 12.3. The molecule has 0 bridgehead atoms. The number of carbonyl (C=O) groups is 2. The summed E-state index contributed by atoms with van der Waals surface area (Å²) in [6.45, 7) is 0. The average molecular weight is 529 g/mol. The van der Waals surface area contributed by atoms with E-state index >= 15 is 0 Å². The maximum Gasteiger partial charge on any atom is 0.263 e. The fraction of sp³-hybridized carbons (Fsp3) is 0.0714. The molecule has 0 unspecified atom stereocenters. The van der Waals surface area contributed by atoms with Gasteiger partial charge in [-0.2, -0.15) is 0 Å². The summed E-state index contributed by atoms with van der Waals surface area (Å²) in [5.74, 6) is -1.09. The van der Waals surface area contributed by atoms with E-state index in [1.54, 1.807) is 50.8 Å². The van der Waals surface area contributed by atoms with Crippen LogP contribution in [0.25, 0.3) is 20.7 Å². The monoisotopic (exact) mass is 528 g/mol. The van der Waals surface area contributed by atoms with Crippen LogP contribution in [-0.4, -0.2) is 28.4 Å². The molecule has 10 heteroatoms. The topological polar surface area (TPSA) is 102 Å². The Bertz CT molecular complexity index is 1740. The Labute approximate surface area is 220 Å². The highest BCUT2D eigenvalue weighted by atomic mass is 32.1. The lowest BCUT2D eigenvalue weighted by Gasteiger charge is -2.10. The van der Waals surface area contributed by atoms with Crippen molar-refractivity contribution in [1.82, 2.24) is 14.9 Å². The van der Waals surface area contributed by atoms with Crippen molar-refractivity contribution >= 4 is 39.1 Å². The molecule has 0 fully saturated rings. The van der Waals surface area contributed by atoms with E-state index in [0.29, 0.717) is 16.8 Å². The zero-order valence-corrected chi connectivity index (χ0v) is 21.1. The zero-order chi connectivity index (χ0) is 26.8. The van der Waals surface area contributed by atoms with Crippen LogP contribution in [-0.2, 0) is 7.05 Å². The molecule has 0 saturated heterocycles. The van der Waals surface area contributed by atoms with Crippen molar-refractivity contribution in [3.05, 3.63) is 106 Å². The summed E-state index contributed by atoms with van der Waals surface area (Å²) in [4.78, 5) is 41.8. The van der Waals surface area contributed by atoms with Gasteiger partial charge < -0.3 is 19.9 Å². The first-order chi connectivity index (χ1) is 18.3. The number of hydrogen-bond donors (Lipinski definition) is 2. The lowest BCUT2D eigenvalue weighted by Crippen LogP contribution is -2.27. The molecule has 38 heavy (non-hydrogen) atoms. The summed E-state index contributed by atoms with van der Waals surface area (Å²) >= 11 is 1.43. The minimum atomic E-state index is -0.685. The number of hydrogen-bond acceptors (Lipinski definition) is 6. The number of aryl methyl sites for hydroxylation is 1. The molecule has 0 radical (unpaired) electrons. The molecule has 0 spiro atoms. The van der Waals surface area contributed by atoms with Gasteiger partial charge in [0.25, 0.3) is 17.4 Å². The molecule has 5 rings (SSSR count). The van der Waals surface area contributed by atoms with Gasteiger partial charge in [-0.1, -0.05) is 12.1 Å². The highest BCUT2D eigenvalue weighted by Gasteiger charge is 2.16. The Hall–Kier alpha value is -4.83. The quantitative estimate of drug-likeness (QED) is 0.315. The van der Waals surface area contributed by atoms with Gasteiger partial charge in [-0.25, -0.2) is 4.39 Å². The van der Waals surface area contributed by atoms with Gasteiger partial charge in [0.05, 0.1) is 10.2 Å². The Balaban J connectivity index is 1.37. The fourth-order valence-electron chi connectivity index (χ4n) is 3.82. The van der Waals surface area contributed by atoms with Crippen molar-refractivity contribution in [3.63, 3.8) is 0 Å². The van der Waals surface area contributed by atoms with Gasteiger partial charge in [0, 0.05) is 54.7 Å². The number of benzene rings is 2. The van der Waals surface area contributed by atoms with Gasteiger partial charge in [0.2, 0.25) is 0 Å². The standard InChI is InChI=1S/C28H21FN4O4S/c1-30-26(34)17-7-5-16(6-8-17)24-15-21-25(38-24)23(11-12-31-21)37-22-10-9-18(14-20(22)29)32-27(35)19-4-3-13-33(2)28(19)36/h3-15H,1-2H3,(H,30,34)(H,32,35). The van der Waals surface area contributed by atoms with Crippen LogP contribution >= 0.6 is 11.3 Å². The molecule has 0 atom stereocenters. The number of ether oxygens (including phenoxy) is 1. The molecule has 3 heterocycles. The van der Waals surface area contributed by atoms with E-state index in [2.05, 4.69) is 15.6 Å². The first-order valence-electron chi connectivity index (χ1n) is 11.5. The van der Waals surface area contributed by atoms with Crippen LogP contribution in [0.3, 0.4) is 0 Å². The summed E-state index contributed by atoms with van der Waals surface area (Å²) in [5, 5.41) is 5.14. The maximum atomic E-state index is 14.9. The number of nitrogens with zero attached hydrogens (tertiary/aromatic N) is 2. The zero-order valence-electron chi connectivity index (χ0n) is 20.3. The Kier molecular flexibility index (Phi) is 6.71. The van der Waals surface area contributed by atoms with Crippen molar-refractivity contribution in [1.29, 1.82) is 0 Å². The molecule has 2 amide bonds. The molecular formula is C28H21FN4O4S. The molecule has 2 aromatic carbocycles. The average Bonchev–Trinajstić information content (AvgIpc) is 3.37. The second-order valence-electron chi connectivity index (χ2n) is 8.33. The molecule has 0 aliphatic rings. The number of fused-ring (bicyclic) bond motifs is 1. The van der Waals surface area contributed by atoms with Crippen LogP contribution in [0, 0.1) is 5.82 Å². The summed E-state index contributed by atoms with van der Waals surface area (Å²) in [7, 11) is 3.12. The number of pyridine rings is 2. The van der Waals surface area contributed by atoms with Crippen LogP contribution in [0.1, 0.15) is 20.7 Å². The predicted molar refractivity (Wildman–Crippen MR) is 145 cm³/mol. The van der Waals surface area contributed by atoms with E-state index in [1.165, 1.54) is 34.1 Å². The first kappa shape index (κ1) is 24.8. The van der Waals surface area contributed by atoms with E-state index in [0.717, 1.165) is 21.2 Å². The number of halogens is 1. The third-order valence-electron chi connectivity index (χ3n) is 5.81. The number of amides is 2. The number of carbonyl (C=O) groups excluding carboxylic acids is 2. The SMILES string of the molecule is CNC(=O)c1ccc(-c2cc3nccc(Oc4ccc(NC(=O)c5cccn(C)c5=O)cc4F)c3s2)cc1. The lowest BCUT2D eigenvalue weighted by molar-refractivity contribution is 0.0962. The van der Waals surface area contributed by atoms with Gasteiger partial charge >= 0.3 is 0 Å². The molecule has 5 aromatic rings. The summed E-state index contributed by atoms with van der Waals surface area (Å²) < 4.78 is 22.9. The van der Waals surface area contributed by atoms with Crippen molar-refractivity contribution in [3.8, 4) is 21.9 Å². The summed E-state index contributed by atoms with van der Waals surface area (Å²) in [6, 6.07) is 17.8. The van der Waals surface area contributed by atoms with Gasteiger partial charge in [-0.05, 0) is 48.0 Å². The Morgan fingerprint density at radius 1 is 1.00 bits per heavy atom. The second kappa shape index (κ2) is 10.3. The van der Waals surface area contributed by atoms with Crippen molar-refractivity contribution in [2.45, 2.75) is 0 Å². The Morgan fingerprint density at radius 3 is 2.53 bits per heavy atom. The minimum Gasteiger partial charge on any atom is -0.453 e. The molecule has 0 saturated carbocycles. The molecule has 190 valence electrons. The highest BCUT2D eigenvalue weighted by molar-refractivity contribution is 7.22. The van der Waals surface area contributed by atoms with E-state index in [4.69, 9.17) is 4.74 Å². The van der Waals surface area contributed by atoms with E-state index in [9.17, 15) is 18.8 Å². The highest BCUT2D eigenvalue weighted by Crippen LogP contribution is 2.39. The van der Waals surface area contributed by atoms with Gasteiger partial charge in [-0.15, -0.1) is 11.3 Å². The van der Waals surface area contributed by atoms with Gasteiger partial charge in [0.15, 0.2) is 11.6 Å². The van der Waals surface area contributed by atoms with Gasteiger partial charge in [-0.3, -0.25) is 19.4 Å². The fourth-order valence-corrected chi connectivity index (χ4v) is 4.89. The normalized spacial score (nSPS) is 10.8. The number of aromatic nitrogens is 2. The van der Waals surface area contributed by atoms with Crippen LogP contribution in [0.4, 0.5) is 10.1 Å². The number of rotatable bonds is 6. The van der Waals surface area contributed by atoms with Crippen LogP contribution in [0.15, 0.2) is 83.9 Å². The third kappa shape index (κ3) is 4.89. The van der Waals surface area contributed by atoms with Crippen LogP contribution in [0.2, 0.25) is 0 Å². The number of thiophene rings is 1. The number of anilines is 1. The predicted octanol–water partition coefficient (Wildman–Crippen LogP) is 5.21. The lowest BCUT2D eigenvalue weighted by atomic mass is 10.1. The molecule has 0 aliphatic carbocycles. The largest absolute Gasteiger partial charge is 0.453 e. The van der Waals surface area contributed by atoms with Crippen molar-refractivity contribution in [2.75, 3.05) is 12.4 Å². The molecule has 0 aliphatic heterocycles. The van der Waals surface area contributed by atoms with E-state index in [-0.39, 0.29) is 22.9 Å². The van der Waals surface area contributed by atoms with Crippen LogP contribution < -0.4 is 20.9 Å². The van der Waals surface area contributed by atoms with E-state index in [1.807, 2.05) is 18.2 Å². The number of nitrogens with one attached hydrogen (secondary N) is 2. The Morgan fingerprint density at radius 2 is 1.79 bits per heavy atom. The summed E-state index contributed by atoms with van der Waals surface area (Å²) in [6.07, 6.45) is 3.12. The molecular weight excluding hydrogens is 507 g/mol. The van der Waals surface area contributed by atoms with E-state index < -0.39 is 17.3 Å². The molecule has 3 aromatic heterocycles. The maximum absolute atomic E-state index is 14.9. The third-order valence-corrected chi connectivity index (χ3v) is 7.00. The molecule has 8 nitrogen and oxygen atoms in total. The smallest absolute Gasteiger partial charge is 0.263 e. The van der Waals surface area contributed by atoms with Crippen molar-refractivity contribution < 1.29 is 18.7 Å². The summed E-state index contributed by atoms with van der Waals surface area (Å²) in [5.41, 5.74) is 1.83. The molecule has 2 N–H and O–H groups in total. The second-order valence-corrected chi connectivity index (χ2v) is 9.38. The van der Waals surface area contributed by atoms with Crippen LogP contribution in [0.5, 0.6) is 11.5 Å². The minimum absolute atomic E-state index is 0.0315.